The zero-order chi connectivity index (χ0) is 13.3. The molecule has 2 heterocycles. The van der Waals surface area contributed by atoms with Crippen LogP contribution in [0.1, 0.15) is 39.5 Å². The zero-order valence-electron chi connectivity index (χ0n) is 11.7. The lowest BCUT2D eigenvalue weighted by molar-refractivity contribution is -0.136. The molecular formula is C14H24N2O2. The van der Waals surface area contributed by atoms with Gasteiger partial charge in [0.2, 0.25) is 5.91 Å². The van der Waals surface area contributed by atoms with Crippen molar-refractivity contribution < 1.29 is 9.59 Å². The molecular weight excluding hydrogens is 228 g/mol. The quantitative estimate of drug-likeness (QED) is 0.744. The van der Waals surface area contributed by atoms with Gasteiger partial charge in [-0.15, -0.1) is 0 Å². The average molecular weight is 252 g/mol. The van der Waals surface area contributed by atoms with E-state index in [1.54, 1.807) is 4.90 Å². The van der Waals surface area contributed by atoms with Gasteiger partial charge in [0.05, 0.1) is 6.54 Å². The lowest BCUT2D eigenvalue weighted by Crippen LogP contribution is -2.44. The smallest absolute Gasteiger partial charge is 0.223 e. The van der Waals surface area contributed by atoms with Crippen LogP contribution in [-0.2, 0) is 9.59 Å². The molecule has 0 aromatic rings. The van der Waals surface area contributed by atoms with Crippen molar-refractivity contribution in [3.8, 4) is 0 Å². The summed E-state index contributed by atoms with van der Waals surface area (Å²) in [6.45, 7) is 6.47. The van der Waals surface area contributed by atoms with Crippen molar-refractivity contribution in [2.45, 2.75) is 45.1 Å². The molecule has 0 bridgehead atoms. The van der Waals surface area contributed by atoms with E-state index < -0.39 is 0 Å². The molecule has 0 aromatic heterocycles. The minimum Gasteiger partial charge on any atom is -0.330 e. The van der Waals surface area contributed by atoms with Gasteiger partial charge in [0.15, 0.2) is 5.78 Å². The van der Waals surface area contributed by atoms with E-state index in [4.69, 9.17) is 0 Å². The molecule has 2 fully saturated rings. The Hall–Kier alpha value is -0.900. The van der Waals surface area contributed by atoms with Crippen molar-refractivity contribution >= 4 is 11.7 Å². The van der Waals surface area contributed by atoms with Crippen LogP contribution >= 0.6 is 0 Å². The van der Waals surface area contributed by atoms with E-state index in [2.05, 4.69) is 11.9 Å². The van der Waals surface area contributed by atoms with Gasteiger partial charge >= 0.3 is 0 Å². The number of nitrogens with zero attached hydrogens (tertiary/aromatic N) is 2. The fourth-order valence-electron chi connectivity index (χ4n) is 3.07. The molecule has 2 saturated heterocycles. The van der Waals surface area contributed by atoms with Gasteiger partial charge in [0.25, 0.3) is 0 Å². The summed E-state index contributed by atoms with van der Waals surface area (Å²) in [4.78, 5) is 27.9. The third-order valence-electron chi connectivity index (χ3n) is 4.30. The van der Waals surface area contributed by atoms with Crippen LogP contribution < -0.4 is 0 Å². The summed E-state index contributed by atoms with van der Waals surface area (Å²) in [6.07, 6.45) is 3.33. The number of amides is 1. The summed E-state index contributed by atoms with van der Waals surface area (Å²) in [5.74, 6) is 0.859. The second-order valence-electron chi connectivity index (χ2n) is 6.46. The molecule has 4 nitrogen and oxygen atoms in total. The van der Waals surface area contributed by atoms with Crippen LogP contribution in [0.25, 0.3) is 0 Å². The van der Waals surface area contributed by atoms with E-state index >= 15 is 0 Å². The van der Waals surface area contributed by atoms with Gasteiger partial charge in [-0.25, -0.2) is 0 Å². The highest BCUT2D eigenvalue weighted by atomic mass is 16.2. The first-order valence-electron chi connectivity index (χ1n) is 6.89. The maximum Gasteiger partial charge on any atom is 0.223 e. The van der Waals surface area contributed by atoms with Crippen LogP contribution in [0.15, 0.2) is 0 Å². The molecule has 0 aromatic carbocycles. The third kappa shape index (κ3) is 2.91. The van der Waals surface area contributed by atoms with Gasteiger partial charge in [0, 0.05) is 18.4 Å². The predicted octanol–water partition coefficient (Wildman–Crippen LogP) is 1.30. The molecule has 0 saturated carbocycles. The number of likely N-dealkylation sites (tertiary alicyclic amines) is 2. The number of hydrogen-bond donors (Lipinski definition) is 0. The molecule has 0 spiro atoms. The van der Waals surface area contributed by atoms with Gasteiger partial charge in [-0.3, -0.25) is 9.59 Å². The van der Waals surface area contributed by atoms with Gasteiger partial charge in [-0.05, 0) is 52.7 Å². The second kappa shape index (κ2) is 5.00. The lowest BCUT2D eigenvalue weighted by atomic mass is 9.92. The Kier molecular flexibility index (Phi) is 3.76. The Morgan fingerprint density at radius 3 is 2.44 bits per heavy atom. The number of carbonyl (C=O) groups is 2. The van der Waals surface area contributed by atoms with E-state index in [-0.39, 0.29) is 17.2 Å². The molecule has 2 aliphatic heterocycles. The van der Waals surface area contributed by atoms with Gasteiger partial charge < -0.3 is 9.80 Å². The zero-order valence-corrected chi connectivity index (χ0v) is 11.7. The number of Topliss-reactive ketones (excluding diaryl/α,β-unsaturated/α-hetero) is 1. The lowest BCUT2D eigenvalue weighted by Gasteiger charge is -2.34. The fourth-order valence-corrected chi connectivity index (χ4v) is 3.07. The molecule has 2 aliphatic rings. The van der Waals surface area contributed by atoms with Crippen LogP contribution in [0.2, 0.25) is 0 Å². The first kappa shape index (κ1) is 13.5. The SMILES string of the molecule is CN1CCC(CC(=O)N2CC(=O)CC2(C)C)CC1. The highest BCUT2D eigenvalue weighted by Gasteiger charge is 2.40. The highest BCUT2D eigenvalue weighted by molar-refractivity contribution is 5.91. The summed E-state index contributed by atoms with van der Waals surface area (Å²) in [6, 6.07) is 0. The van der Waals surface area contributed by atoms with Crippen molar-refractivity contribution in [2.75, 3.05) is 26.7 Å². The van der Waals surface area contributed by atoms with E-state index in [1.165, 1.54) is 0 Å². The van der Waals surface area contributed by atoms with E-state index in [9.17, 15) is 9.59 Å². The topological polar surface area (TPSA) is 40.6 Å². The predicted molar refractivity (Wildman–Crippen MR) is 70.3 cm³/mol. The Bertz CT molecular complexity index is 344. The number of ketones is 1. The second-order valence-corrected chi connectivity index (χ2v) is 6.46. The molecule has 2 rings (SSSR count). The molecule has 1 amide bonds. The van der Waals surface area contributed by atoms with E-state index in [1.807, 2.05) is 13.8 Å². The van der Waals surface area contributed by atoms with Crippen molar-refractivity contribution in [1.29, 1.82) is 0 Å². The van der Waals surface area contributed by atoms with Crippen LogP contribution in [0.3, 0.4) is 0 Å². The number of rotatable bonds is 2. The minimum atomic E-state index is -0.278. The largest absolute Gasteiger partial charge is 0.330 e. The van der Waals surface area contributed by atoms with Crippen molar-refractivity contribution in [1.82, 2.24) is 9.80 Å². The summed E-state index contributed by atoms with van der Waals surface area (Å²) in [7, 11) is 2.13. The van der Waals surface area contributed by atoms with E-state index in [0.717, 1.165) is 25.9 Å². The molecule has 0 unspecified atom stereocenters. The van der Waals surface area contributed by atoms with E-state index in [0.29, 0.717) is 25.3 Å². The molecule has 0 radical (unpaired) electrons. The average Bonchev–Trinajstić information content (AvgIpc) is 2.55. The van der Waals surface area contributed by atoms with Crippen LogP contribution in [0.4, 0.5) is 0 Å². The minimum absolute atomic E-state index is 0.167. The Balaban J connectivity index is 1.90. The molecule has 0 aliphatic carbocycles. The molecule has 0 atom stereocenters. The number of piperidine rings is 1. The molecule has 102 valence electrons. The van der Waals surface area contributed by atoms with Crippen LogP contribution in [-0.4, -0.2) is 53.7 Å². The maximum absolute atomic E-state index is 12.3. The van der Waals surface area contributed by atoms with Crippen molar-refractivity contribution in [2.24, 2.45) is 5.92 Å². The Morgan fingerprint density at radius 1 is 1.33 bits per heavy atom. The monoisotopic (exact) mass is 252 g/mol. The first-order chi connectivity index (χ1) is 8.38. The normalized spacial score (nSPS) is 25.7. The number of hydrogen-bond acceptors (Lipinski definition) is 3. The molecule has 0 N–H and O–H groups in total. The summed E-state index contributed by atoms with van der Waals surface area (Å²) in [5, 5.41) is 0. The van der Waals surface area contributed by atoms with Gasteiger partial charge in [-0.1, -0.05) is 0 Å². The third-order valence-corrected chi connectivity index (χ3v) is 4.30. The standard InChI is InChI=1S/C14H24N2O2/c1-14(2)9-12(17)10-16(14)13(18)8-11-4-6-15(3)7-5-11/h11H,4-10H2,1-3H3. The molecule has 4 heteroatoms. The Labute approximate surface area is 109 Å². The fraction of sp³-hybridized carbons (Fsp3) is 0.857. The Morgan fingerprint density at radius 2 is 1.94 bits per heavy atom. The van der Waals surface area contributed by atoms with Crippen molar-refractivity contribution in [3.05, 3.63) is 0 Å². The van der Waals surface area contributed by atoms with Crippen LogP contribution in [0, 0.1) is 5.92 Å². The van der Waals surface area contributed by atoms with Gasteiger partial charge in [0.1, 0.15) is 0 Å². The summed E-state index contributed by atoms with van der Waals surface area (Å²) >= 11 is 0. The highest BCUT2D eigenvalue weighted by Crippen LogP contribution is 2.29. The van der Waals surface area contributed by atoms with Crippen LogP contribution in [0.5, 0.6) is 0 Å². The number of carbonyl (C=O) groups excluding carboxylic acids is 2. The molecule has 18 heavy (non-hydrogen) atoms. The summed E-state index contributed by atoms with van der Waals surface area (Å²) in [5.41, 5.74) is -0.278. The first-order valence-corrected chi connectivity index (χ1v) is 6.89. The van der Waals surface area contributed by atoms with Crippen molar-refractivity contribution in [3.63, 3.8) is 0 Å². The summed E-state index contributed by atoms with van der Waals surface area (Å²) < 4.78 is 0. The van der Waals surface area contributed by atoms with Gasteiger partial charge in [-0.2, -0.15) is 0 Å². The maximum atomic E-state index is 12.3.